The van der Waals surface area contributed by atoms with E-state index in [4.69, 9.17) is 4.74 Å². The zero-order chi connectivity index (χ0) is 17.4. The highest BCUT2D eigenvalue weighted by Crippen LogP contribution is 2.21. The molecular weight excluding hydrogens is 327 g/mol. The second-order valence-electron chi connectivity index (χ2n) is 4.49. The van der Waals surface area contributed by atoms with E-state index in [1.54, 1.807) is 11.8 Å². The van der Waals surface area contributed by atoms with Crippen LogP contribution in [0.25, 0.3) is 0 Å². The lowest BCUT2D eigenvalue weighted by atomic mass is 10.2. The molecule has 0 saturated carbocycles. The standard InChI is InChI=1S/C14H17FN2O5S/c1-3-23-7-6-13(18)22-9(2)14(19)16-10-4-5-11(15)12(8-10)17(20)21/h4-5,8-9H,3,6-7H2,1-2H3,(H,16,19). The van der Waals surface area contributed by atoms with Gasteiger partial charge in [0, 0.05) is 17.5 Å². The molecule has 7 nitrogen and oxygen atoms in total. The summed E-state index contributed by atoms with van der Waals surface area (Å²) >= 11 is 1.58. The number of carbonyl (C=O) groups excluding carboxylic acids is 2. The van der Waals surface area contributed by atoms with Crippen LogP contribution in [0.2, 0.25) is 0 Å². The molecular formula is C14H17FN2O5S. The Morgan fingerprint density at radius 2 is 2.17 bits per heavy atom. The summed E-state index contributed by atoms with van der Waals surface area (Å²) in [6.45, 7) is 3.35. The first-order chi connectivity index (χ1) is 10.8. The Balaban J connectivity index is 2.60. The minimum Gasteiger partial charge on any atom is -0.453 e. The molecule has 1 unspecified atom stereocenters. The molecule has 0 heterocycles. The topological polar surface area (TPSA) is 98.5 Å². The van der Waals surface area contributed by atoms with Crippen molar-refractivity contribution in [3.05, 3.63) is 34.1 Å². The number of rotatable bonds is 8. The Labute approximate surface area is 136 Å². The molecule has 0 spiro atoms. The van der Waals surface area contributed by atoms with Gasteiger partial charge in [-0.3, -0.25) is 19.7 Å². The monoisotopic (exact) mass is 344 g/mol. The van der Waals surface area contributed by atoms with Crippen molar-refractivity contribution >= 4 is 35.0 Å². The third kappa shape index (κ3) is 6.23. The summed E-state index contributed by atoms with van der Waals surface area (Å²) in [5, 5.41) is 13.0. The third-order valence-corrected chi connectivity index (χ3v) is 3.64. The van der Waals surface area contributed by atoms with Gasteiger partial charge in [-0.25, -0.2) is 0 Å². The summed E-state index contributed by atoms with van der Waals surface area (Å²) in [5.74, 6) is -0.664. The lowest BCUT2D eigenvalue weighted by molar-refractivity contribution is -0.387. The van der Waals surface area contributed by atoms with Crippen molar-refractivity contribution < 1.29 is 23.6 Å². The Bertz CT molecular complexity index is 597. The van der Waals surface area contributed by atoms with Gasteiger partial charge < -0.3 is 10.1 Å². The third-order valence-electron chi connectivity index (χ3n) is 2.74. The molecule has 1 rings (SSSR count). The van der Waals surface area contributed by atoms with Crippen LogP contribution >= 0.6 is 11.8 Å². The lowest BCUT2D eigenvalue weighted by Gasteiger charge is -2.13. The SMILES string of the molecule is CCSCCC(=O)OC(C)C(=O)Nc1ccc(F)c([N+](=O)[O-])c1. The van der Waals surface area contributed by atoms with Crippen molar-refractivity contribution in [1.29, 1.82) is 0 Å². The smallest absolute Gasteiger partial charge is 0.307 e. The second kappa shape index (κ2) is 9.09. The number of nitrogens with zero attached hydrogens (tertiary/aromatic N) is 1. The Morgan fingerprint density at radius 3 is 2.78 bits per heavy atom. The summed E-state index contributed by atoms with van der Waals surface area (Å²) in [4.78, 5) is 33.2. The number of esters is 1. The average molecular weight is 344 g/mol. The quantitative estimate of drug-likeness (QED) is 0.337. The predicted molar refractivity (Wildman–Crippen MR) is 84.9 cm³/mol. The normalized spacial score (nSPS) is 11.6. The van der Waals surface area contributed by atoms with E-state index >= 15 is 0 Å². The number of nitro benzene ring substituents is 1. The molecule has 9 heteroatoms. The molecule has 0 saturated heterocycles. The molecule has 0 fully saturated rings. The Kier molecular flexibility index (Phi) is 7.46. The maximum absolute atomic E-state index is 13.2. The highest BCUT2D eigenvalue weighted by molar-refractivity contribution is 7.99. The summed E-state index contributed by atoms with van der Waals surface area (Å²) in [5.41, 5.74) is -0.698. The number of nitrogens with one attached hydrogen (secondary N) is 1. The number of nitro groups is 1. The number of hydrogen-bond donors (Lipinski definition) is 1. The van der Waals surface area contributed by atoms with E-state index in [9.17, 15) is 24.1 Å². The number of anilines is 1. The molecule has 0 aliphatic rings. The first-order valence-corrected chi connectivity index (χ1v) is 8.02. The number of halogens is 1. The molecule has 0 radical (unpaired) electrons. The van der Waals surface area contributed by atoms with Gasteiger partial charge in [-0.15, -0.1) is 0 Å². The van der Waals surface area contributed by atoms with Crippen molar-refractivity contribution in [3.63, 3.8) is 0 Å². The number of hydrogen-bond acceptors (Lipinski definition) is 6. The maximum atomic E-state index is 13.2. The fourth-order valence-corrected chi connectivity index (χ4v) is 2.18. The van der Waals surface area contributed by atoms with Gasteiger partial charge in [0.15, 0.2) is 6.10 Å². The zero-order valence-electron chi connectivity index (χ0n) is 12.7. The van der Waals surface area contributed by atoms with E-state index < -0.39 is 34.4 Å². The summed E-state index contributed by atoms with van der Waals surface area (Å²) in [7, 11) is 0. The van der Waals surface area contributed by atoms with Crippen molar-refractivity contribution in [2.24, 2.45) is 0 Å². The van der Waals surface area contributed by atoms with E-state index in [0.717, 1.165) is 17.9 Å². The first kappa shape index (κ1) is 18.9. The molecule has 23 heavy (non-hydrogen) atoms. The van der Waals surface area contributed by atoms with Gasteiger partial charge in [0.05, 0.1) is 11.3 Å². The van der Waals surface area contributed by atoms with Crippen LogP contribution in [0.3, 0.4) is 0 Å². The summed E-state index contributed by atoms with van der Waals surface area (Å²) in [6.07, 6.45) is -0.865. The fraction of sp³-hybridized carbons (Fsp3) is 0.429. The zero-order valence-corrected chi connectivity index (χ0v) is 13.5. The largest absolute Gasteiger partial charge is 0.453 e. The van der Waals surface area contributed by atoms with Gasteiger partial charge in [0.2, 0.25) is 5.82 Å². The maximum Gasteiger partial charge on any atom is 0.307 e. The Morgan fingerprint density at radius 1 is 1.48 bits per heavy atom. The fourth-order valence-electron chi connectivity index (χ4n) is 1.58. The van der Waals surface area contributed by atoms with Crippen LogP contribution in [0.4, 0.5) is 15.8 Å². The second-order valence-corrected chi connectivity index (χ2v) is 5.89. The van der Waals surface area contributed by atoms with E-state index in [0.29, 0.717) is 5.75 Å². The van der Waals surface area contributed by atoms with E-state index in [-0.39, 0.29) is 12.1 Å². The van der Waals surface area contributed by atoms with E-state index in [2.05, 4.69) is 5.32 Å². The van der Waals surface area contributed by atoms with Crippen LogP contribution in [0.5, 0.6) is 0 Å². The van der Waals surface area contributed by atoms with E-state index in [1.165, 1.54) is 13.0 Å². The highest BCUT2D eigenvalue weighted by atomic mass is 32.2. The summed E-state index contributed by atoms with van der Waals surface area (Å²) in [6, 6.07) is 2.97. The number of carbonyl (C=O) groups is 2. The van der Waals surface area contributed by atoms with Crippen LogP contribution in [0, 0.1) is 15.9 Å². The van der Waals surface area contributed by atoms with Crippen molar-refractivity contribution in [1.82, 2.24) is 0 Å². The van der Waals surface area contributed by atoms with Crippen molar-refractivity contribution in [2.45, 2.75) is 26.4 Å². The molecule has 0 aliphatic heterocycles. The van der Waals surface area contributed by atoms with Crippen LogP contribution < -0.4 is 5.32 Å². The molecule has 1 N–H and O–H groups in total. The Hall–Kier alpha value is -2.16. The molecule has 1 aromatic rings. The van der Waals surface area contributed by atoms with E-state index in [1.807, 2.05) is 6.92 Å². The van der Waals surface area contributed by atoms with Gasteiger partial charge >= 0.3 is 11.7 Å². The number of benzene rings is 1. The van der Waals surface area contributed by atoms with Gasteiger partial charge in [0.25, 0.3) is 5.91 Å². The minimum atomic E-state index is -1.06. The highest BCUT2D eigenvalue weighted by Gasteiger charge is 2.20. The molecule has 0 aromatic heterocycles. The van der Waals surface area contributed by atoms with Crippen molar-refractivity contribution in [2.75, 3.05) is 16.8 Å². The summed E-state index contributed by atoms with van der Waals surface area (Å²) < 4.78 is 18.2. The molecule has 1 amide bonds. The number of amides is 1. The van der Waals surface area contributed by atoms with Gasteiger partial charge in [0.1, 0.15) is 0 Å². The molecule has 1 atom stereocenters. The molecule has 126 valence electrons. The van der Waals surface area contributed by atoms with Crippen LogP contribution in [0.1, 0.15) is 20.3 Å². The van der Waals surface area contributed by atoms with Crippen LogP contribution in [-0.2, 0) is 14.3 Å². The molecule has 0 bridgehead atoms. The van der Waals surface area contributed by atoms with Crippen molar-refractivity contribution in [3.8, 4) is 0 Å². The number of thioether (sulfide) groups is 1. The molecule has 0 aliphatic carbocycles. The average Bonchev–Trinajstić information content (AvgIpc) is 2.49. The van der Waals surface area contributed by atoms with Gasteiger partial charge in [-0.1, -0.05) is 6.92 Å². The van der Waals surface area contributed by atoms with Gasteiger partial charge in [-0.2, -0.15) is 16.2 Å². The lowest BCUT2D eigenvalue weighted by Crippen LogP contribution is -2.30. The minimum absolute atomic E-state index is 0.0486. The number of ether oxygens (including phenoxy) is 1. The molecule has 1 aromatic carbocycles. The first-order valence-electron chi connectivity index (χ1n) is 6.87. The van der Waals surface area contributed by atoms with Gasteiger partial charge in [-0.05, 0) is 24.8 Å². The van der Waals surface area contributed by atoms with Crippen LogP contribution in [0.15, 0.2) is 18.2 Å². The van der Waals surface area contributed by atoms with Crippen LogP contribution in [-0.4, -0.2) is 34.4 Å². The predicted octanol–water partition coefficient (Wildman–Crippen LogP) is 2.75.